The highest BCUT2D eigenvalue weighted by atomic mass is 35.5. The molecule has 0 unspecified atom stereocenters. The molecule has 0 aromatic carbocycles. The zero-order chi connectivity index (χ0) is 12.4. The molecule has 2 aromatic heterocycles. The largest absolute Gasteiger partial charge is 0.396 e. The van der Waals surface area contributed by atoms with E-state index in [9.17, 15) is 0 Å². The van der Waals surface area contributed by atoms with E-state index in [0.717, 1.165) is 6.42 Å². The molecule has 0 aliphatic rings. The molecule has 0 saturated carbocycles. The van der Waals surface area contributed by atoms with Crippen LogP contribution in [0, 0.1) is 0 Å². The van der Waals surface area contributed by atoms with Gasteiger partial charge in [0.15, 0.2) is 10.8 Å². The summed E-state index contributed by atoms with van der Waals surface area (Å²) < 4.78 is 1.88. The second kappa shape index (κ2) is 5.16. The van der Waals surface area contributed by atoms with Gasteiger partial charge in [-0.25, -0.2) is 9.97 Å². The Morgan fingerprint density at radius 1 is 1.41 bits per heavy atom. The Balaban J connectivity index is 2.54. The minimum absolute atomic E-state index is 0.100. The summed E-state index contributed by atoms with van der Waals surface area (Å²) in [6.07, 6.45) is 3.16. The molecule has 2 heterocycles. The smallest absolute Gasteiger partial charge is 0.225 e. The van der Waals surface area contributed by atoms with E-state index in [4.69, 9.17) is 28.3 Å². The number of hydrogen-bond donors (Lipinski definition) is 1. The molecule has 2 rings (SSSR count). The Morgan fingerprint density at radius 2 is 2.18 bits per heavy atom. The van der Waals surface area contributed by atoms with E-state index in [1.54, 1.807) is 6.33 Å². The lowest BCUT2D eigenvalue weighted by Crippen LogP contribution is -2.09. The average molecular weight is 275 g/mol. The highest BCUT2D eigenvalue weighted by Crippen LogP contribution is 2.25. The molecule has 0 aliphatic heterocycles. The SMILES string of the molecule is CC[C@@H](CCO)n1cnc2c(Cl)nc(Cl)nc21. The minimum atomic E-state index is 0.100. The zero-order valence-electron chi connectivity index (χ0n) is 9.27. The molecule has 5 nitrogen and oxygen atoms in total. The summed E-state index contributed by atoms with van der Waals surface area (Å²) in [5.41, 5.74) is 1.14. The Bertz CT molecular complexity index is 528. The van der Waals surface area contributed by atoms with Crippen LogP contribution in [0.15, 0.2) is 6.33 Å². The van der Waals surface area contributed by atoms with Gasteiger partial charge in [-0.15, -0.1) is 0 Å². The predicted octanol–water partition coefficient (Wildman–Crippen LogP) is 2.47. The number of rotatable bonds is 4. The number of nitrogens with zero attached hydrogens (tertiary/aromatic N) is 4. The normalized spacial score (nSPS) is 13.2. The maximum absolute atomic E-state index is 9.03. The van der Waals surface area contributed by atoms with Gasteiger partial charge in [0, 0.05) is 12.6 Å². The molecule has 92 valence electrons. The summed E-state index contributed by atoms with van der Waals surface area (Å²) in [5.74, 6) is 0. The third kappa shape index (κ3) is 2.36. The Kier molecular flexibility index (Phi) is 3.81. The maximum atomic E-state index is 9.03. The molecule has 0 aliphatic carbocycles. The molecule has 7 heteroatoms. The van der Waals surface area contributed by atoms with E-state index < -0.39 is 0 Å². The molecule has 17 heavy (non-hydrogen) atoms. The summed E-state index contributed by atoms with van der Waals surface area (Å²) >= 11 is 11.7. The fourth-order valence-electron chi connectivity index (χ4n) is 1.81. The maximum Gasteiger partial charge on any atom is 0.225 e. The fraction of sp³-hybridized carbons (Fsp3) is 0.500. The van der Waals surface area contributed by atoms with Gasteiger partial charge in [-0.1, -0.05) is 18.5 Å². The van der Waals surface area contributed by atoms with E-state index >= 15 is 0 Å². The van der Waals surface area contributed by atoms with Crippen molar-refractivity contribution in [3.05, 3.63) is 16.8 Å². The standard InChI is InChI=1S/C10H12Cl2N4O/c1-2-6(3-4-17)16-5-13-7-8(11)14-10(12)15-9(7)16/h5-6,17H,2-4H2,1H3/t6-/m0/s1. The van der Waals surface area contributed by atoms with Crippen LogP contribution in [0.2, 0.25) is 10.4 Å². The van der Waals surface area contributed by atoms with E-state index in [1.807, 2.05) is 11.5 Å². The van der Waals surface area contributed by atoms with Crippen molar-refractivity contribution in [3.8, 4) is 0 Å². The quantitative estimate of drug-likeness (QED) is 0.687. The van der Waals surface area contributed by atoms with Gasteiger partial charge >= 0.3 is 0 Å². The van der Waals surface area contributed by atoms with Crippen molar-refractivity contribution in [2.75, 3.05) is 6.61 Å². The molecule has 0 fully saturated rings. The van der Waals surface area contributed by atoms with Gasteiger partial charge in [-0.3, -0.25) is 0 Å². The van der Waals surface area contributed by atoms with E-state index in [2.05, 4.69) is 15.0 Å². The minimum Gasteiger partial charge on any atom is -0.396 e. The van der Waals surface area contributed by atoms with Crippen LogP contribution in [0.5, 0.6) is 0 Å². The summed E-state index contributed by atoms with van der Waals surface area (Å²) in [7, 11) is 0. The number of imidazole rings is 1. The van der Waals surface area contributed by atoms with Crippen molar-refractivity contribution in [3.63, 3.8) is 0 Å². The molecule has 0 amide bonds. The van der Waals surface area contributed by atoms with Crippen molar-refractivity contribution in [1.29, 1.82) is 0 Å². The van der Waals surface area contributed by atoms with E-state index in [0.29, 0.717) is 17.6 Å². The third-order valence-electron chi connectivity index (χ3n) is 2.68. The van der Waals surface area contributed by atoms with Crippen LogP contribution in [0.1, 0.15) is 25.8 Å². The van der Waals surface area contributed by atoms with Crippen molar-refractivity contribution in [2.24, 2.45) is 0 Å². The highest BCUT2D eigenvalue weighted by molar-refractivity contribution is 6.35. The van der Waals surface area contributed by atoms with Crippen LogP contribution >= 0.6 is 23.2 Å². The van der Waals surface area contributed by atoms with Gasteiger partial charge in [-0.05, 0) is 24.4 Å². The second-order valence-electron chi connectivity index (χ2n) is 3.68. The zero-order valence-corrected chi connectivity index (χ0v) is 10.8. The first-order valence-corrected chi connectivity index (χ1v) is 6.09. The lowest BCUT2D eigenvalue weighted by Gasteiger charge is -2.15. The van der Waals surface area contributed by atoms with Crippen molar-refractivity contribution in [1.82, 2.24) is 19.5 Å². The molecule has 1 atom stereocenters. The number of hydrogen-bond acceptors (Lipinski definition) is 4. The van der Waals surface area contributed by atoms with Crippen LogP contribution in [-0.4, -0.2) is 31.2 Å². The van der Waals surface area contributed by atoms with E-state index in [-0.39, 0.29) is 23.1 Å². The number of aliphatic hydroxyl groups is 1. The van der Waals surface area contributed by atoms with Crippen LogP contribution in [0.25, 0.3) is 11.2 Å². The van der Waals surface area contributed by atoms with Crippen LogP contribution in [0.4, 0.5) is 0 Å². The summed E-state index contributed by atoms with van der Waals surface area (Å²) in [6, 6.07) is 0.132. The summed E-state index contributed by atoms with van der Waals surface area (Å²) in [4.78, 5) is 12.2. The monoisotopic (exact) mass is 274 g/mol. The van der Waals surface area contributed by atoms with Crippen LogP contribution in [0.3, 0.4) is 0 Å². The molecule has 2 aromatic rings. The average Bonchev–Trinajstić information content (AvgIpc) is 2.69. The van der Waals surface area contributed by atoms with Gasteiger partial charge < -0.3 is 9.67 Å². The highest BCUT2D eigenvalue weighted by Gasteiger charge is 2.16. The first-order valence-electron chi connectivity index (χ1n) is 5.33. The van der Waals surface area contributed by atoms with Crippen molar-refractivity contribution < 1.29 is 5.11 Å². The molecule has 1 N–H and O–H groups in total. The molecule has 0 radical (unpaired) electrons. The molecule has 0 saturated heterocycles. The summed E-state index contributed by atoms with van der Waals surface area (Å²) in [5, 5.41) is 9.38. The Labute approximate surface area is 108 Å². The van der Waals surface area contributed by atoms with Crippen LogP contribution in [-0.2, 0) is 0 Å². The van der Waals surface area contributed by atoms with Gasteiger partial charge in [0.25, 0.3) is 0 Å². The number of aromatic nitrogens is 4. The van der Waals surface area contributed by atoms with Crippen molar-refractivity contribution in [2.45, 2.75) is 25.8 Å². The fourth-order valence-corrected chi connectivity index (χ4v) is 2.23. The number of halogens is 2. The molecular weight excluding hydrogens is 263 g/mol. The van der Waals surface area contributed by atoms with Crippen molar-refractivity contribution >= 4 is 34.4 Å². The third-order valence-corrected chi connectivity index (χ3v) is 3.11. The first kappa shape index (κ1) is 12.5. The number of fused-ring (bicyclic) bond motifs is 1. The Hall–Kier alpha value is -0.910. The van der Waals surface area contributed by atoms with E-state index in [1.165, 1.54) is 0 Å². The van der Waals surface area contributed by atoms with Gasteiger partial charge in [0.2, 0.25) is 5.28 Å². The molecule has 0 spiro atoms. The topological polar surface area (TPSA) is 63.8 Å². The first-order chi connectivity index (χ1) is 8.17. The van der Waals surface area contributed by atoms with Gasteiger partial charge in [0.05, 0.1) is 6.33 Å². The molecule has 0 bridgehead atoms. The van der Waals surface area contributed by atoms with Crippen LogP contribution < -0.4 is 0 Å². The number of aliphatic hydroxyl groups excluding tert-OH is 1. The van der Waals surface area contributed by atoms with Gasteiger partial charge in [0.1, 0.15) is 5.52 Å². The lowest BCUT2D eigenvalue weighted by molar-refractivity contribution is 0.256. The predicted molar refractivity (Wildman–Crippen MR) is 66.4 cm³/mol. The lowest BCUT2D eigenvalue weighted by atomic mass is 10.1. The summed E-state index contributed by atoms with van der Waals surface area (Å²) in [6.45, 7) is 2.15. The second-order valence-corrected chi connectivity index (χ2v) is 4.38. The van der Waals surface area contributed by atoms with Gasteiger partial charge in [-0.2, -0.15) is 4.98 Å². The molecular formula is C10H12Cl2N4O. The Morgan fingerprint density at radius 3 is 2.82 bits per heavy atom.